The molecule has 0 N–H and O–H groups in total. The van der Waals surface area contributed by atoms with E-state index >= 15 is 0 Å². The number of fused-ring (bicyclic) bond motifs is 1. The lowest BCUT2D eigenvalue weighted by molar-refractivity contribution is -0.123. The van der Waals surface area contributed by atoms with Crippen molar-refractivity contribution in [2.45, 2.75) is 39.2 Å². The van der Waals surface area contributed by atoms with Gasteiger partial charge in [-0.1, -0.05) is 38.0 Å². The lowest BCUT2D eigenvalue weighted by Crippen LogP contribution is -2.43. The molecule has 1 amide bonds. The van der Waals surface area contributed by atoms with E-state index in [-0.39, 0.29) is 22.6 Å². The van der Waals surface area contributed by atoms with Crippen LogP contribution in [0.5, 0.6) is 0 Å². The molecule has 0 radical (unpaired) electrons. The quantitative estimate of drug-likeness (QED) is 0.680. The minimum absolute atomic E-state index is 0.0351. The summed E-state index contributed by atoms with van der Waals surface area (Å²) in [6.07, 6.45) is 2.74. The number of rotatable bonds is 0. The smallest absolute Gasteiger partial charge is 0.258 e. The number of nitrogens with zero attached hydrogens (tertiary/aromatic N) is 1. The van der Waals surface area contributed by atoms with Gasteiger partial charge in [0, 0.05) is 16.9 Å². The fourth-order valence-corrected chi connectivity index (χ4v) is 7.73. The molecule has 2 bridgehead atoms. The molecule has 24 heavy (non-hydrogen) atoms. The highest BCUT2D eigenvalue weighted by Crippen LogP contribution is 2.69. The van der Waals surface area contributed by atoms with Crippen molar-refractivity contribution in [3.63, 3.8) is 0 Å². The Hall–Kier alpha value is -1.80. The molecular formula is C19H21NO3S. The van der Waals surface area contributed by atoms with Crippen LogP contribution >= 0.6 is 0 Å². The molecule has 5 heteroatoms. The van der Waals surface area contributed by atoms with E-state index in [0.29, 0.717) is 11.5 Å². The Balaban J connectivity index is 1.69. The summed E-state index contributed by atoms with van der Waals surface area (Å²) in [5, 5.41) is 0. The Labute approximate surface area is 143 Å². The van der Waals surface area contributed by atoms with Gasteiger partial charge in [0.2, 0.25) is 10.0 Å². The topological polar surface area (TPSA) is 54.5 Å². The van der Waals surface area contributed by atoms with Crippen LogP contribution in [0.3, 0.4) is 0 Å². The molecule has 3 aliphatic rings. The van der Waals surface area contributed by atoms with E-state index in [1.54, 1.807) is 12.1 Å². The molecule has 3 atom stereocenters. The molecule has 4 nitrogen and oxygen atoms in total. The zero-order valence-electron chi connectivity index (χ0n) is 14.0. The molecule has 3 fully saturated rings. The van der Waals surface area contributed by atoms with E-state index in [1.807, 2.05) is 18.2 Å². The van der Waals surface area contributed by atoms with Gasteiger partial charge >= 0.3 is 5.91 Å². The van der Waals surface area contributed by atoms with Gasteiger partial charge in [0.05, 0.1) is 11.8 Å². The summed E-state index contributed by atoms with van der Waals surface area (Å²) in [5.74, 6) is 5.35. The van der Waals surface area contributed by atoms with Gasteiger partial charge in [0.15, 0.2) is 0 Å². The molecule has 1 aliphatic heterocycles. The van der Waals surface area contributed by atoms with Gasteiger partial charge in [0.1, 0.15) is 0 Å². The summed E-state index contributed by atoms with van der Waals surface area (Å²) >= 11 is 0. The first-order valence-electron chi connectivity index (χ1n) is 8.41. The van der Waals surface area contributed by atoms with Gasteiger partial charge in [0.25, 0.3) is 0 Å². The van der Waals surface area contributed by atoms with Crippen molar-refractivity contribution in [3.05, 3.63) is 35.9 Å². The molecule has 1 aromatic carbocycles. The third-order valence-electron chi connectivity index (χ3n) is 6.70. The molecule has 2 saturated carbocycles. The van der Waals surface area contributed by atoms with Crippen LogP contribution in [0.4, 0.5) is 0 Å². The van der Waals surface area contributed by atoms with Crippen LogP contribution in [0.25, 0.3) is 0 Å². The van der Waals surface area contributed by atoms with Gasteiger partial charge in [-0.15, -0.1) is 0 Å². The molecule has 0 unspecified atom stereocenters. The van der Waals surface area contributed by atoms with Crippen molar-refractivity contribution in [2.24, 2.45) is 16.7 Å². The van der Waals surface area contributed by atoms with E-state index in [0.717, 1.165) is 23.6 Å². The highest BCUT2D eigenvalue weighted by atomic mass is 32.2. The monoisotopic (exact) mass is 343 g/mol. The Morgan fingerprint density at radius 1 is 1.25 bits per heavy atom. The summed E-state index contributed by atoms with van der Waals surface area (Å²) in [4.78, 5) is 12.6. The van der Waals surface area contributed by atoms with Gasteiger partial charge in [-0.2, -0.15) is 0 Å². The third-order valence-corrected chi connectivity index (χ3v) is 8.60. The first-order valence-corrected chi connectivity index (χ1v) is 10.0. The Bertz CT molecular complexity index is 863. The van der Waals surface area contributed by atoms with Gasteiger partial charge in [-0.05, 0) is 42.7 Å². The fraction of sp³-hybridized carbons (Fsp3) is 0.526. The normalized spacial score (nSPS) is 34.5. The number of amides is 1. The average molecular weight is 343 g/mol. The van der Waals surface area contributed by atoms with Crippen molar-refractivity contribution in [1.29, 1.82) is 0 Å². The van der Waals surface area contributed by atoms with Crippen LogP contribution in [-0.4, -0.2) is 30.4 Å². The Morgan fingerprint density at radius 3 is 2.62 bits per heavy atom. The zero-order valence-corrected chi connectivity index (χ0v) is 14.8. The summed E-state index contributed by atoms with van der Waals surface area (Å²) in [5.41, 5.74) is 0.387. The zero-order chi connectivity index (χ0) is 17.2. The van der Waals surface area contributed by atoms with E-state index in [1.165, 1.54) is 0 Å². The van der Waals surface area contributed by atoms with Crippen LogP contribution in [0.2, 0.25) is 0 Å². The Kier molecular flexibility index (Phi) is 3.18. The average Bonchev–Trinajstić information content (AvgIpc) is 3.01. The first-order chi connectivity index (χ1) is 11.3. The predicted molar refractivity (Wildman–Crippen MR) is 91.3 cm³/mol. The number of sulfonamides is 1. The lowest BCUT2D eigenvalue weighted by atomic mass is 9.69. The molecule has 1 spiro atoms. The second kappa shape index (κ2) is 4.86. The molecule has 4 rings (SSSR count). The predicted octanol–water partition coefficient (Wildman–Crippen LogP) is 2.41. The third kappa shape index (κ3) is 1.92. The molecule has 0 aromatic heterocycles. The van der Waals surface area contributed by atoms with Crippen molar-refractivity contribution in [2.75, 3.05) is 5.75 Å². The van der Waals surface area contributed by atoms with Crippen LogP contribution in [0.15, 0.2) is 30.3 Å². The second-order valence-electron chi connectivity index (χ2n) is 7.84. The maximum Gasteiger partial charge on any atom is 0.312 e. The van der Waals surface area contributed by atoms with E-state index < -0.39 is 15.9 Å². The number of hydrogen-bond acceptors (Lipinski definition) is 3. The summed E-state index contributed by atoms with van der Waals surface area (Å²) in [6, 6.07) is 8.96. The van der Waals surface area contributed by atoms with Crippen LogP contribution < -0.4 is 0 Å². The Morgan fingerprint density at radius 2 is 1.96 bits per heavy atom. The number of benzene rings is 1. The minimum atomic E-state index is -3.58. The van der Waals surface area contributed by atoms with Crippen LogP contribution in [-0.2, 0) is 14.8 Å². The van der Waals surface area contributed by atoms with Gasteiger partial charge in [-0.25, -0.2) is 12.7 Å². The number of carbonyl (C=O) groups excluding carboxylic acids is 1. The van der Waals surface area contributed by atoms with E-state index in [4.69, 9.17) is 0 Å². The van der Waals surface area contributed by atoms with E-state index in [9.17, 15) is 13.2 Å². The van der Waals surface area contributed by atoms with E-state index in [2.05, 4.69) is 25.7 Å². The lowest BCUT2D eigenvalue weighted by Gasteiger charge is -2.36. The highest BCUT2D eigenvalue weighted by molar-refractivity contribution is 7.90. The van der Waals surface area contributed by atoms with Gasteiger partial charge < -0.3 is 0 Å². The fourth-order valence-electron chi connectivity index (χ4n) is 5.26. The van der Waals surface area contributed by atoms with Crippen LogP contribution in [0, 0.1) is 28.6 Å². The molecule has 1 heterocycles. The van der Waals surface area contributed by atoms with Gasteiger partial charge in [-0.3, -0.25) is 4.79 Å². The minimum Gasteiger partial charge on any atom is -0.258 e. The van der Waals surface area contributed by atoms with Crippen molar-refractivity contribution < 1.29 is 13.2 Å². The van der Waals surface area contributed by atoms with Crippen molar-refractivity contribution in [3.8, 4) is 11.8 Å². The SMILES string of the molecule is CC1(C)[C@@H]2CC[C@]13CS(=O)(=O)N(C(=O)C#Cc1ccccc1)[C@@H]3C2. The maximum absolute atomic E-state index is 12.7. The summed E-state index contributed by atoms with van der Waals surface area (Å²) in [7, 11) is -3.58. The molecule has 126 valence electrons. The van der Waals surface area contributed by atoms with Crippen molar-refractivity contribution in [1.82, 2.24) is 4.31 Å². The first kappa shape index (κ1) is 15.7. The highest BCUT2D eigenvalue weighted by Gasteiger charge is 2.72. The second-order valence-corrected chi connectivity index (χ2v) is 9.68. The molecule has 1 saturated heterocycles. The molecule has 2 aliphatic carbocycles. The molecule has 1 aromatic rings. The largest absolute Gasteiger partial charge is 0.312 e. The number of hydrogen-bond donors (Lipinski definition) is 0. The summed E-state index contributed by atoms with van der Waals surface area (Å²) in [6.45, 7) is 4.34. The van der Waals surface area contributed by atoms with Crippen molar-refractivity contribution >= 4 is 15.9 Å². The standard InChI is InChI=1S/C19H21NO3S/c1-18(2)15-10-11-19(18)13-24(22,23)20(16(19)12-15)17(21)9-8-14-6-4-3-5-7-14/h3-7,15-16H,10-13H2,1-2H3/t15-,16-,19-/m1/s1. The number of carbonyl (C=O) groups is 1. The summed E-state index contributed by atoms with van der Waals surface area (Å²) < 4.78 is 26.6. The molecular weight excluding hydrogens is 322 g/mol. The van der Waals surface area contributed by atoms with Crippen LogP contribution in [0.1, 0.15) is 38.7 Å². The maximum atomic E-state index is 12.7.